The van der Waals surface area contributed by atoms with Crippen LogP contribution in [-0.2, 0) is 9.59 Å². The molecule has 4 nitrogen and oxygen atoms in total. The third-order valence-electron chi connectivity index (χ3n) is 3.59. The molecule has 0 bridgehead atoms. The molecule has 1 aliphatic carbocycles. The number of hydrogen-bond acceptors (Lipinski definition) is 2. The third-order valence-corrected chi connectivity index (χ3v) is 3.59. The van der Waals surface area contributed by atoms with Crippen molar-refractivity contribution in [3.05, 3.63) is 0 Å². The third kappa shape index (κ3) is 7.30. The molecule has 0 atom stereocenters. The molecule has 104 valence electrons. The summed E-state index contributed by atoms with van der Waals surface area (Å²) in [6, 6.07) is 0. The van der Waals surface area contributed by atoms with E-state index < -0.39 is 5.97 Å². The summed E-state index contributed by atoms with van der Waals surface area (Å²) in [5.41, 5.74) is 0. The van der Waals surface area contributed by atoms with Crippen LogP contribution in [0.5, 0.6) is 0 Å². The quantitative estimate of drug-likeness (QED) is 0.543. The van der Waals surface area contributed by atoms with E-state index in [-0.39, 0.29) is 12.3 Å². The summed E-state index contributed by atoms with van der Waals surface area (Å²) in [5.74, 6) is -0.0662. The molecule has 2 N–H and O–H groups in total. The number of rotatable bonds is 7. The predicted molar refractivity (Wildman–Crippen MR) is 70.3 cm³/mol. The van der Waals surface area contributed by atoms with Gasteiger partial charge in [0.1, 0.15) is 0 Å². The van der Waals surface area contributed by atoms with Gasteiger partial charge >= 0.3 is 5.97 Å². The number of hydrogen-bond donors (Lipinski definition) is 2. The van der Waals surface area contributed by atoms with Crippen molar-refractivity contribution in [2.75, 3.05) is 6.54 Å². The number of amides is 1. The molecule has 0 aliphatic heterocycles. The first kappa shape index (κ1) is 15.0. The van der Waals surface area contributed by atoms with Gasteiger partial charge in [-0.3, -0.25) is 9.59 Å². The number of unbranched alkanes of at least 4 members (excludes halogenated alkanes) is 1. The fraction of sp³-hybridized carbons (Fsp3) is 0.857. The van der Waals surface area contributed by atoms with Gasteiger partial charge in [0.15, 0.2) is 0 Å². The van der Waals surface area contributed by atoms with Crippen LogP contribution < -0.4 is 5.32 Å². The summed E-state index contributed by atoms with van der Waals surface area (Å²) in [6.07, 6.45) is 9.76. The average Bonchev–Trinajstić information content (AvgIpc) is 2.56. The topological polar surface area (TPSA) is 66.4 Å². The first-order valence-corrected chi connectivity index (χ1v) is 7.17. The van der Waals surface area contributed by atoms with E-state index in [0.29, 0.717) is 25.3 Å². The Labute approximate surface area is 109 Å². The highest BCUT2D eigenvalue weighted by Gasteiger charge is 2.15. The van der Waals surface area contributed by atoms with Crippen molar-refractivity contribution in [3.8, 4) is 0 Å². The maximum atomic E-state index is 11.7. The van der Waals surface area contributed by atoms with E-state index in [2.05, 4.69) is 5.32 Å². The highest BCUT2D eigenvalue weighted by molar-refractivity contribution is 5.76. The van der Waals surface area contributed by atoms with Gasteiger partial charge in [-0.05, 0) is 31.6 Å². The Morgan fingerprint density at radius 1 is 1.06 bits per heavy atom. The summed E-state index contributed by atoms with van der Waals surface area (Å²) in [7, 11) is 0. The Morgan fingerprint density at radius 3 is 2.33 bits per heavy atom. The summed E-state index contributed by atoms with van der Waals surface area (Å²) >= 11 is 0. The maximum Gasteiger partial charge on any atom is 0.303 e. The lowest BCUT2D eigenvalue weighted by molar-refractivity contribution is -0.137. The number of carbonyl (C=O) groups is 2. The zero-order valence-electron chi connectivity index (χ0n) is 11.1. The normalized spacial score (nSPS) is 17.1. The summed E-state index contributed by atoms with van der Waals surface area (Å²) < 4.78 is 0. The Bertz CT molecular complexity index is 258. The van der Waals surface area contributed by atoms with Gasteiger partial charge in [0.2, 0.25) is 5.91 Å². The second kappa shape index (κ2) is 8.95. The van der Waals surface area contributed by atoms with E-state index in [9.17, 15) is 9.59 Å². The van der Waals surface area contributed by atoms with E-state index in [4.69, 9.17) is 5.11 Å². The van der Waals surface area contributed by atoms with E-state index in [0.717, 1.165) is 6.42 Å². The molecule has 0 aromatic heterocycles. The lowest BCUT2D eigenvalue weighted by Gasteiger charge is -2.13. The van der Waals surface area contributed by atoms with E-state index in [1.807, 2.05) is 0 Å². The van der Waals surface area contributed by atoms with E-state index in [1.165, 1.54) is 38.5 Å². The van der Waals surface area contributed by atoms with Crippen LogP contribution in [0.3, 0.4) is 0 Å². The van der Waals surface area contributed by atoms with Gasteiger partial charge in [-0.1, -0.05) is 25.7 Å². The van der Waals surface area contributed by atoms with Crippen molar-refractivity contribution >= 4 is 11.9 Å². The fourth-order valence-electron chi connectivity index (χ4n) is 2.53. The van der Waals surface area contributed by atoms with Crippen LogP contribution in [0.1, 0.15) is 64.2 Å². The Balaban J connectivity index is 2.03. The van der Waals surface area contributed by atoms with E-state index in [1.54, 1.807) is 0 Å². The maximum absolute atomic E-state index is 11.7. The lowest BCUT2D eigenvalue weighted by Crippen LogP contribution is -2.26. The highest BCUT2D eigenvalue weighted by atomic mass is 16.4. The van der Waals surface area contributed by atoms with Gasteiger partial charge in [0.25, 0.3) is 0 Å². The predicted octanol–water partition coefficient (Wildman–Crippen LogP) is 2.72. The van der Waals surface area contributed by atoms with Gasteiger partial charge in [0.05, 0.1) is 0 Å². The zero-order valence-corrected chi connectivity index (χ0v) is 11.1. The standard InChI is InChI=1S/C14H25NO3/c16-13(15-10-6-5-9-14(17)18)11-12-7-3-1-2-4-8-12/h12H,1-11H2,(H,15,16)(H,17,18). The Hall–Kier alpha value is -1.06. The first-order valence-electron chi connectivity index (χ1n) is 7.17. The summed E-state index contributed by atoms with van der Waals surface area (Å²) in [6.45, 7) is 0.610. The number of aliphatic carboxylic acids is 1. The van der Waals surface area contributed by atoms with Crippen molar-refractivity contribution in [1.29, 1.82) is 0 Å². The van der Waals surface area contributed by atoms with Crippen molar-refractivity contribution in [1.82, 2.24) is 5.32 Å². The van der Waals surface area contributed by atoms with Crippen LogP contribution >= 0.6 is 0 Å². The SMILES string of the molecule is O=C(O)CCCCNC(=O)CC1CCCCCC1. The van der Waals surface area contributed by atoms with Crippen LogP contribution in [0, 0.1) is 5.92 Å². The molecule has 0 heterocycles. The second-order valence-electron chi connectivity index (χ2n) is 5.26. The molecule has 0 unspecified atom stereocenters. The first-order chi connectivity index (χ1) is 8.68. The number of carbonyl (C=O) groups excluding carboxylic acids is 1. The minimum Gasteiger partial charge on any atom is -0.481 e. The van der Waals surface area contributed by atoms with Crippen molar-refractivity contribution in [2.45, 2.75) is 64.2 Å². The Kier molecular flexibility index (Phi) is 7.46. The van der Waals surface area contributed by atoms with Gasteiger partial charge in [-0.25, -0.2) is 0 Å². The van der Waals surface area contributed by atoms with Gasteiger partial charge < -0.3 is 10.4 Å². The lowest BCUT2D eigenvalue weighted by atomic mass is 9.96. The minimum absolute atomic E-state index is 0.136. The van der Waals surface area contributed by atoms with Gasteiger partial charge in [0, 0.05) is 19.4 Å². The molecule has 0 aromatic rings. The van der Waals surface area contributed by atoms with Crippen molar-refractivity contribution in [3.63, 3.8) is 0 Å². The minimum atomic E-state index is -0.764. The van der Waals surface area contributed by atoms with Gasteiger partial charge in [-0.2, -0.15) is 0 Å². The molecule has 0 spiro atoms. The molecule has 1 saturated carbocycles. The van der Waals surface area contributed by atoms with Crippen molar-refractivity contribution < 1.29 is 14.7 Å². The van der Waals surface area contributed by atoms with Crippen LogP contribution in [-0.4, -0.2) is 23.5 Å². The van der Waals surface area contributed by atoms with Crippen LogP contribution in [0.25, 0.3) is 0 Å². The second-order valence-corrected chi connectivity index (χ2v) is 5.26. The molecule has 1 aliphatic rings. The fourth-order valence-corrected chi connectivity index (χ4v) is 2.53. The molecule has 1 rings (SSSR count). The molecular weight excluding hydrogens is 230 g/mol. The molecule has 0 saturated heterocycles. The van der Waals surface area contributed by atoms with Gasteiger partial charge in [-0.15, -0.1) is 0 Å². The number of carboxylic acid groups (broad SMARTS) is 1. The smallest absolute Gasteiger partial charge is 0.303 e. The summed E-state index contributed by atoms with van der Waals surface area (Å²) in [4.78, 5) is 22.0. The molecular formula is C14H25NO3. The number of carboxylic acids is 1. The average molecular weight is 255 g/mol. The zero-order chi connectivity index (χ0) is 13.2. The van der Waals surface area contributed by atoms with Crippen LogP contribution in [0.4, 0.5) is 0 Å². The van der Waals surface area contributed by atoms with Crippen LogP contribution in [0.15, 0.2) is 0 Å². The molecule has 4 heteroatoms. The Morgan fingerprint density at radius 2 is 1.72 bits per heavy atom. The van der Waals surface area contributed by atoms with Crippen molar-refractivity contribution in [2.24, 2.45) is 5.92 Å². The highest BCUT2D eigenvalue weighted by Crippen LogP contribution is 2.25. The number of nitrogens with one attached hydrogen (secondary N) is 1. The molecule has 1 amide bonds. The van der Waals surface area contributed by atoms with Crippen LogP contribution in [0.2, 0.25) is 0 Å². The molecule has 18 heavy (non-hydrogen) atoms. The monoisotopic (exact) mass is 255 g/mol. The largest absolute Gasteiger partial charge is 0.481 e. The summed E-state index contributed by atoms with van der Waals surface area (Å²) in [5, 5.41) is 11.4. The molecule has 1 fully saturated rings. The van der Waals surface area contributed by atoms with E-state index >= 15 is 0 Å². The molecule has 0 radical (unpaired) electrons. The molecule has 0 aromatic carbocycles.